The number of primary amides is 1. The van der Waals surface area contributed by atoms with Crippen molar-refractivity contribution in [2.45, 2.75) is 125 Å². The van der Waals surface area contributed by atoms with E-state index in [4.69, 9.17) is 5.73 Å². The molecule has 5 aromatic rings. The highest BCUT2D eigenvalue weighted by atomic mass is 32.2. The van der Waals surface area contributed by atoms with E-state index in [1.165, 1.54) is 53.4 Å². The number of imidazole rings is 1. The van der Waals surface area contributed by atoms with Crippen molar-refractivity contribution in [1.82, 2.24) is 45.2 Å². The number of allylic oxidation sites excluding steroid dienone is 1. The number of piperidine rings is 1. The Kier molecular flexibility index (Phi) is 17.2. The number of carbonyl (C=O) groups is 8. The first-order valence-corrected chi connectivity index (χ1v) is 30.8. The highest BCUT2D eigenvalue weighted by Crippen LogP contribution is 2.40. The summed E-state index contributed by atoms with van der Waals surface area (Å²) in [6.07, 6.45) is 6.68. The molecule has 1 aliphatic carbocycles. The summed E-state index contributed by atoms with van der Waals surface area (Å²) < 4.78 is 38.8. The van der Waals surface area contributed by atoms with Crippen LogP contribution in [0, 0.1) is 11.8 Å². The molecular formula is C56H67N10O14PS. The van der Waals surface area contributed by atoms with Crippen LogP contribution in [0.25, 0.3) is 21.9 Å². The van der Waals surface area contributed by atoms with E-state index < -0.39 is 82.7 Å². The van der Waals surface area contributed by atoms with Crippen LogP contribution in [0.5, 0.6) is 0 Å². The fraction of sp³-hybridized carbons (Fsp3) is 0.446. The number of hydrogen-bond donors (Lipinski definition) is 8. The first kappa shape index (κ1) is 58.9. The van der Waals surface area contributed by atoms with Crippen molar-refractivity contribution in [3.05, 3.63) is 112 Å². The quantitative estimate of drug-likeness (QED) is 0.0585. The highest BCUT2D eigenvalue weighted by molar-refractivity contribution is 7.90. The summed E-state index contributed by atoms with van der Waals surface area (Å²) in [5.74, 6) is -4.08. The molecular weight excluding hydrogens is 1100 g/mol. The van der Waals surface area contributed by atoms with Crippen molar-refractivity contribution in [1.29, 1.82) is 0 Å². The Hall–Kier alpha value is -7.73. The maximum Gasteiger partial charge on any atom is 0.396 e. The van der Waals surface area contributed by atoms with Crippen LogP contribution in [-0.4, -0.2) is 133 Å². The number of nitrogens with two attached hydrogens (primary N) is 1. The molecule has 0 spiro atoms. The number of nitrogens with zero attached hydrogens (tertiary/aromatic N) is 4. The predicted molar refractivity (Wildman–Crippen MR) is 299 cm³/mol. The smallest absolute Gasteiger partial charge is 0.370 e. The highest BCUT2D eigenvalue weighted by Gasteiger charge is 2.47. The van der Waals surface area contributed by atoms with Crippen molar-refractivity contribution in [3.63, 3.8) is 0 Å². The van der Waals surface area contributed by atoms with Crippen LogP contribution in [0.1, 0.15) is 115 Å². The number of hydrogen-bond acceptors (Lipinski definition) is 12. The fourth-order valence-electron chi connectivity index (χ4n) is 11.9. The SMILES string of the molecule is C=C1CCC(n2c(=O)n(C)c3cc(CC[C@H]4CC[C@@H](C(=O)N5CC[C@H]6CC[C@@H](C(=O)N[C@@H](CCC(N)=O)C(=O)NCc7ccc(S(C)(=O)=O)cc7)N6C(=O)[C@@H](NC(=O)c6cc7cc(C(=O)P(=O)(O)O)ccc7[nH]6)C5)CC4)ccc32)C(=O)N1. The van der Waals surface area contributed by atoms with E-state index in [9.17, 15) is 61.1 Å². The van der Waals surface area contributed by atoms with Crippen LogP contribution in [0.15, 0.2) is 88.7 Å². The molecule has 1 unspecified atom stereocenters. The number of rotatable bonds is 18. The van der Waals surface area contributed by atoms with Crippen LogP contribution in [0.3, 0.4) is 0 Å². The summed E-state index contributed by atoms with van der Waals surface area (Å²) in [4.78, 5) is 148. The van der Waals surface area contributed by atoms with Crippen LogP contribution >= 0.6 is 7.60 Å². The monoisotopic (exact) mass is 1170 g/mol. The van der Waals surface area contributed by atoms with E-state index in [1.807, 2.05) is 18.2 Å². The molecule has 5 heterocycles. The lowest BCUT2D eigenvalue weighted by Gasteiger charge is -2.40. The van der Waals surface area contributed by atoms with Gasteiger partial charge in [-0.3, -0.25) is 52.1 Å². The number of benzene rings is 3. The molecule has 4 fully saturated rings. The zero-order valence-corrected chi connectivity index (χ0v) is 47.1. The van der Waals surface area contributed by atoms with Gasteiger partial charge in [-0.05, 0) is 143 Å². The number of fused-ring (bicyclic) bond motifs is 3. The van der Waals surface area contributed by atoms with Crippen molar-refractivity contribution in [2.75, 3.05) is 19.3 Å². The van der Waals surface area contributed by atoms with Gasteiger partial charge in [-0.2, -0.15) is 0 Å². The summed E-state index contributed by atoms with van der Waals surface area (Å²) in [6.45, 7) is 3.72. The zero-order chi connectivity index (χ0) is 58.9. The number of aromatic nitrogens is 3. The Labute approximate surface area is 471 Å². The van der Waals surface area contributed by atoms with Gasteiger partial charge in [0.1, 0.15) is 29.9 Å². The lowest BCUT2D eigenvalue weighted by atomic mass is 9.79. The minimum absolute atomic E-state index is 0.0518. The maximum absolute atomic E-state index is 15.1. The van der Waals surface area contributed by atoms with Crippen molar-refractivity contribution < 1.29 is 61.1 Å². The summed E-state index contributed by atoms with van der Waals surface area (Å²) in [5, 5.41) is 11.2. The lowest BCUT2D eigenvalue weighted by Crippen LogP contribution is -2.62. The number of aromatic amines is 1. The topological polar surface area (TPSA) is 352 Å². The second kappa shape index (κ2) is 24.0. The van der Waals surface area contributed by atoms with Gasteiger partial charge in [-0.25, -0.2) is 13.2 Å². The van der Waals surface area contributed by atoms with Crippen LogP contribution in [0.2, 0.25) is 0 Å². The zero-order valence-electron chi connectivity index (χ0n) is 45.4. The van der Waals surface area contributed by atoms with Crippen molar-refractivity contribution in [2.24, 2.45) is 24.6 Å². The Morgan fingerprint density at radius 2 is 1.60 bits per heavy atom. The number of nitrogens with one attached hydrogen (secondary N) is 5. The van der Waals surface area contributed by atoms with Gasteiger partial charge in [0.05, 0.1) is 15.9 Å². The number of H-pyrrole nitrogens is 1. The van der Waals surface area contributed by atoms with Gasteiger partial charge < -0.3 is 51.6 Å². The van der Waals surface area contributed by atoms with Gasteiger partial charge >= 0.3 is 13.3 Å². The summed E-state index contributed by atoms with van der Waals surface area (Å²) in [5.41, 5.74) is 7.36. The Balaban J connectivity index is 0.891. The van der Waals surface area contributed by atoms with Crippen LogP contribution in [-0.2, 0) is 63.2 Å². The third kappa shape index (κ3) is 13.0. The largest absolute Gasteiger partial charge is 0.396 e. The third-order valence-electron chi connectivity index (χ3n) is 16.4. The number of sulfone groups is 1. The standard InChI is InChI=1S/C56H67N10O14PS/c1-31-4-20-46(51(70)59-31)66-44-21-11-33(26-47(44)63(2)56(66)75)6-5-32-7-12-35(13-8-32)53(72)64-25-24-38-15-22-45(52(71)61-41(19-23-48(57)67)49(68)58-29-34-9-16-39(17-10-34)82(3,79)80)65(38)54(73)43(30-64)62-50(69)42-28-37-27-36(14-18-40(37)60-42)55(74)81(76,77)78/h9-11,14,16-18,21,26-28,32,35,38,41,43,45-46,60H,1,4-8,12-13,15,19-20,22-25,29-30H2,2-3H3,(H2,57,67)(H,58,68)(H,59,70)(H,61,71)(H,62,69)(H2,76,77,78)/t32-,35+,38-,41+,43+,45+,46?/m1/s1. The minimum Gasteiger partial charge on any atom is -0.370 e. The van der Waals surface area contributed by atoms with Gasteiger partial charge in [-0.1, -0.05) is 24.8 Å². The van der Waals surface area contributed by atoms with Gasteiger partial charge in [0.15, 0.2) is 9.84 Å². The second-order valence-electron chi connectivity index (χ2n) is 22.1. The molecule has 0 bridgehead atoms. The fourth-order valence-corrected chi connectivity index (χ4v) is 13.0. The lowest BCUT2D eigenvalue weighted by molar-refractivity contribution is -0.147. The normalized spacial score (nSPS) is 22.0. The van der Waals surface area contributed by atoms with E-state index in [0.717, 1.165) is 43.0 Å². The van der Waals surface area contributed by atoms with Gasteiger partial charge in [0.25, 0.3) is 11.4 Å². The molecule has 0 radical (unpaired) electrons. The molecule has 1 saturated carbocycles. The molecule has 26 heteroatoms. The molecule has 4 aliphatic rings. The first-order valence-electron chi connectivity index (χ1n) is 27.3. The Morgan fingerprint density at radius 3 is 2.28 bits per heavy atom. The summed E-state index contributed by atoms with van der Waals surface area (Å²) >= 11 is 0. The molecule has 24 nitrogen and oxygen atoms in total. The number of amides is 7. The predicted octanol–water partition coefficient (Wildman–Crippen LogP) is 2.70. The van der Waals surface area contributed by atoms with E-state index >= 15 is 4.79 Å². The molecule has 7 amide bonds. The van der Waals surface area contributed by atoms with Crippen LogP contribution < -0.4 is 32.7 Å². The number of carbonyl (C=O) groups excluding carboxylic acids is 8. The number of aryl methyl sites for hydroxylation is 2. The Morgan fingerprint density at radius 1 is 0.878 bits per heavy atom. The van der Waals surface area contributed by atoms with Crippen molar-refractivity contribution in [3.8, 4) is 0 Å². The summed E-state index contributed by atoms with van der Waals surface area (Å²) in [6, 6.07) is 11.8. The van der Waals surface area contributed by atoms with E-state index in [-0.39, 0.29) is 83.9 Å². The average Bonchev–Trinajstić information content (AvgIpc) is 3.34. The van der Waals surface area contributed by atoms with E-state index in [1.54, 1.807) is 21.1 Å². The van der Waals surface area contributed by atoms with E-state index in [2.05, 4.69) is 32.8 Å². The molecule has 9 rings (SSSR count). The van der Waals surface area contributed by atoms with Gasteiger partial charge in [0.2, 0.25) is 35.4 Å². The third-order valence-corrected chi connectivity index (χ3v) is 18.4. The molecule has 5 atom stereocenters. The molecule has 2 aromatic heterocycles. The maximum atomic E-state index is 15.1. The molecule has 9 N–H and O–H groups in total. The first-order chi connectivity index (χ1) is 38.8. The minimum atomic E-state index is -5.13. The molecule has 436 valence electrons. The van der Waals surface area contributed by atoms with E-state index in [0.29, 0.717) is 66.7 Å². The summed E-state index contributed by atoms with van der Waals surface area (Å²) in [7, 11) is -6.91. The van der Waals surface area contributed by atoms with Gasteiger partial charge in [0, 0.05) is 73.5 Å². The average molecular weight is 1170 g/mol. The van der Waals surface area contributed by atoms with Crippen molar-refractivity contribution >= 4 is 86.2 Å². The molecule has 82 heavy (non-hydrogen) atoms. The molecule has 3 aliphatic heterocycles. The molecule has 3 aromatic carbocycles. The molecule has 3 saturated heterocycles. The Bertz CT molecular complexity index is 3630. The van der Waals surface area contributed by atoms with Crippen LogP contribution in [0.4, 0.5) is 0 Å². The second-order valence-corrected chi connectivity index (χ2v) is 25.6. The van der Waals surface area contributed by atoms with Gasteiger partial charge in [-0.15, -0.1) is 0 Å².